The highest BCUT2D eigenvalue weighted by molar-refractivity contribution is 6.43. The van der Waals surface area contributed by atoms with Crippen LogP contribution in [0.4, 0.5) is 5.88 Å². The standard InChI is InChI=1S/C14H9Cl2NO5/c15-7-3-1-2-6(10(7)16)13-11(20)12(21)14(22-13)17-8(18)4-5-9(17)19/h1-3,20-21H,4-5H2. The second-order valence-corrected chi connectivity index (χ2v) is 5.44. The molecule has 6 nitrogen and oxygen atoms in total. The van der Waals surface area contributed by atoms with Gasteiger partial charge < -0.3 is 14.6 Å². The van der Waals surface area contributed by atoms with Crippen LogP contribution in [-0.4, -0.2) is 22.0 Å². The number of benzene rings is 1. The van der Waals surface area contributed by atoms with Gasteiger partial charge in [0.1, 0.15) is 0 Å². The molecule has 1 fully saturated rings. The van der Waals surface area contributed by atoms with Crippen LogP contribution in [0.2, 0.25) is 10.0 Å². The quantitative estimate of drug-likeness (QED) is 0.817. The van der Waals surface area contributed by atoms with Gasteiger partial charge in [-0.1, -0.05) is 29.3 Å². The highest BCUT2D eigenvalue weighted by atomic mass is 35.5. The Labute approximate surface area is 134 Å². The largest absolute Gasteiger partial charge is 0.502 e. The number of hydrogen-bond donors (Lipinski definition) is 2. The number of carbonyl (C=O) groups excluding carboxylic acids is 2. The van der Waals surface area contributed by atoms with Crippen LogP contribution < -0.4 is 4.90 Å². The highest BCUT2D eigenvalue weighted by Crippen LogP contribution is 2.49. The summed E-state index contributed by atoms with van der Waals surface area (Å²) >= 11 is 11.9. The van der Waals surface area contributed by atoms with Crippen molar-refractivity contribution in [2.75, 3.05) is 4.90 Å². The van der Waals surface area contributed by atoms with Gasteiger partial charge in [-0.15, -0.1) is 0 Å². The Morgan fingerprint density at radius 1 is 1.05 bits per heavy atom. The van der Waals surface area contributed by atoms with Gasteiger partial charge in [0, 0.05) is 18.4 Å². The number of carbonyl (C=O) groups is 2. The fourth-order valence-corrected chi connectivity index (χ4v) is 2.60. The zero-order chi connectivity index (χ0) is 16.0. The van der Waals surface area contributed by atoms with Crippen molar-refractivity contribution in [1.82, 2.24) is 0 Å². The molecule has 0 atom stereocenters. The topological polar surface area (TPSA) is 91.0 Å². The molecule has 2 aromatic rings. The van der Waals surface area contributed by atoms with E-state index < -0.39 is 29.2 Å². The third-order valence-corrected chi connectivity index (χ3v) is 4.11. The first kappa shape index (κ1) is 14.7. The molecule has 0 bridgehead atoms. The second-order valence-electron chi connectivity index (χ2n) is 4.66. The van der Waals surface area contributed by atoms with Crippen LogP contribution in [0.5, 0.6) is 11.5 Å². The smallest absolute Gasteiger partial charge is 0.256 e. The maximum absolute atomic E-state index is 11.7. The van der Waals surface area contributed by atoms with Crippen LogP contribution >= 0.6 is 23.2 Å². The van der Waals surface area contributed by atoms with Gasteiger partial charge in [-0.3, -0.25) is 9.59 Å². The van der Waals surface area contributed by atoms with E-state index in [9.17, 15) is 19.8 Å². The Hall–Kier alpha value is -2.18. The molecule has 22 heavy (non-hydrogen) atoms. The molecule has 8 heteroatoms. The first-order valence-corrected chi connectivity index (χ1v) is 7.02. The summed E-state index contributed by atoms with van der Waals surface area (Å²) in [6, 6.07) is 4.64. The van der Waals surface area contributed by atoms with Gasteiger partial charge in [0.15, 0.2) is 5.76 Å². The minimum atomic E-state index is -0.699. The van der Waals surface area contributed by atoms with Gasteiger partial charge in [0.25, 0.3) is 5.88 Å². The van der Waals surface area contributed by atoms with E-state index in [2.05, 4.69) is 0 Å². The summed E-state index contributed by atoms with van der Waals surface area (Å²) in [7, 11) is 0. The van der Waals surface area contributed by atoms with E-state index >= 15 is 0 Å². The minimum Gasteiger partial charge on any atom is -0.502 e. The lowest BCUT2D eigenvalue weighted by molar-refractivity contribution is -0.121. The van der Waals surface area contributed by atoms with Crippen molar-refractivity contribution in [2.24, 2.45) is 0 Å². The van der Waals surface area contributed by atoms with E-state index in [1.54, 1.807) is 12.1 Å². The Morgan fingerprint density at radius 2 is 1.68 bits per heavy atom. The molecule has 1 aromatic heterocycles. The van der Waals surface area contributed by atoms with Crippen molar-refractivity contribution in [3.63, 3.8) is 0 Å². The molecule has 0 aliphatic carbocycles. The average Bonchev–Trinajstić information content (AvgIpc) is 2.95. The zero-order valence-corrected chi connectivity index (χ0v) is 12.5. The minimum absolute atomic E-state index is 0.0208. The first-order valence-electron chi connectivity index (χ1n) is 6.26. The van der Waals surface area contributed by atoms with E-state index in [0.29, 0.717) is 4.90 Å². The van der Waals surface area contributed by atoms with Crippen LogP contribution in [0.15, 0.2) is 22.6 Å². The zero-order valence-electron chi connectivity index (χ0n) is 11.0. The highest BCUT2D eigenvalue weighted by Gasteiger charge is 2.37. The van der Waals surface area contributed by atoms with Gasteiger partial charge in [-0.05, 0) is 12.1 Å². The maximum Gasteiger partial charge on any atom is 0.256 e. The number of nitrogens with zero attached hydrogens (tertiary/aromatic N) is 1. The maximum atomic E-state index is 11.7. The lowest BCUT2D eigenvalue weighted by atomic mass is 10.1. The number of hydrogen-bond acceptors (Lipinski definition) is 5. The van der Waals surface area contributed by atoms with E-state index in [-0.39, 0.29) is 34.2 Å². The van der Waals surface area contributed by atoms with Crippen LogP contribution in [0, 0.1) is 0 Å². The van der Waals surface area contributed by atoms with Crippen molar-refractivity contribution in [3.8, 4) is 22.8 Å². The van der Waals surface area contributed by atoms with Gasteiger partial charge in [0.2, 0.25) is 23.3 Å². The summed E-state index contributed by atoms with van der Waals surface area (Å²) < 4.78 is 5.33. The number of halogens is 2. The molecule has 0 saturated carbocycles. The Morgan fingerprint density at radius 3 is 2.32 bits per heavy atom. The first-order chi connectivity index (χ1) is 10.4. The van der Waals surface area contributed by atoms with Crippen LogP contribution in [0.1, 0.15) is 12.8 Å². The molecular weight excluding hydrogens is 333 g/mol. The van der Waals surface area contributed by atoms with Gasteiger partial charge in [-0.25, -0.2) is 4.90 Å². The lowest BCUT2D eigenvalue weighted by Gasteiger charge is -2.09. The van der Waals surface area contributed by atoms with E-state index in [0.717, 1.165) is 0 Å². The number of anilines is 1. The van der Waals surface area contributed by atoms with Gasteiger partial charge in [-0.2, -0.15) is 0 Å². The number of amides is 2. The lowest BCUT2D eigenvalue weighted by Crippen LogP contribution is -2.28. The Bertz CT molecular complexity index is 783. The average molecular weight is 342 g/mol. The van der Waals surface area contributed by atoms with Crippen molar-refractivity contribution in [3.05, 3.63) is 28.2 Å². The molecule has 2 heterocycles. The van der Waals surface area contributed by atoms with Crippen molar-refractivity contribution in [1.29, 1.82) is 0 Å². The fourth-order valence-electron chi connectivity index (χ4n) is 2.22. The summed E-state index contributed by atoms with van der Waals surface area (Å²) in [5, 5.41) is 20.3. The van der Waals surface area contributed by atoms with E-state index in [4.69, 9.17) is 27.6 Å². The SMILES string of the molecule is O=C1CCC(=O)N1c1oc(-c2cccc(Cl)c2Cl)c(O)c1O. The predicted molar refractivity (Wildman–Crippen MR) is 79.2 cm³/mol. The summed E-state index contributed by atoms with van der Waals surface area (Å²) in [5.74, 6) is -2.94. The van der Waals surface area contributed by atoms with Crippen molar-refractivity contribution >= 4 is 40.9 Å². The number of imide groups is 1. The molecular formula is C14H9Cl2NO5. The molecule has 1 aliphatic rings. The molecule has 0 unspecified atom stereocenters. The monoisotopic (exact) mass is 341 g/mol. The predicted octanol–water partition coefficient (Wildman–Crippen LogP) is 3.32. The fraction of sp³-hybridized carbons (Fsp3) is 0.143. The molecule has 1 aromatic carbocycles. The van der Waals surface area contributed by atoms with Crippen molar-refractivity contribution in [2.45, 2.75) is 12.8 Å². The molecule has 3 rings (SSSR count). The molecule has 1 saturated heterocycles. The molecule has 1 aliphatic heterocycles. The summed E-state index contributed by atoms with van der Waals surface area (Å²) in [5.41, 5.74) is 0.229. The normalized spacial score (nSPS) is 14.9. The van der Waals surface area contributed by atoms with E-state index in [1.807, 2.05) is 0 Å². The number of rotatable bonds is 2. The van der Waals surface area contributed by atoms with Crippen molar-refractivity contribution < 1.29 is 24.2 Å². The second kappa shape index (κ2) is 5.23. The Kier molecular flexibility index (Phi) is 3.50. The molecule has 2 N–H and O–H groups in total. The summed E-state index contributed by atoms with van der Waals surface area (Å²) in [6.45, 7) is 0. The van der Waals surface area contributed by atoms with Crippen LogP contribution in [-0.2, 0) is 9.59 Å². The molecule has 0 spiro atoms. The van der Waals surface area contributed by atoms with Crippen LogP contribution in [0.3, 0.4) is 0 Å². The molecule has 2 amide bonds. The third-order valence-electron chi connectivity index (χ3n) is 3.29. The van der Waals surface area contributed by atoms with Crippen LogP contribution in [0.25, 0.3) is 11.3 Å². The Balaban J connectivity index is 2.16. The van der Waals surface area contributed by atoms with Gasteiger partial charge >= 0.3 is 0 Å². The summed E-state index contributed by atoms with van der Waals surface area (Å²) in [6.07, 6.45) is 0.0416. The molecule has 0 radical (unpaired) electrons. The third kappa shape index (κ3) is 2.12. The summed E-state index contributed by atoms with van der Waals surface area (Å²) in [4.78, 5) is 24.1. The number of aromatic hydroxyl groups is 2. The van der Waals surface area contributed by atoms with E-state index in [1.165, 1.54) is 6.07 Å². The van der Waals surface area contributed by atoms with Gasteiger partial charge in [0.05, 0.1) is 10.0 Å². The number of furan rings is 1. The molecule has 114 valence electrons.